The zero-order valence-corrected chi connectivity index (χ0v) is 7.49. The van der Waals surface area contributed by atoms with Gasteiger partial charge < -0.3 is 4.52 Å². The molecule has 0 aromatic carbocycles. The van der Waals surface area contributed by atoms with Crippen LogP contribution in [-0.2, 0) is 0 Å². The molecule has 0 saturated heterocycles. The van der Waals surface area contributed by atoms with Gasteiger partial charge in [0.25, 0.3) is 5.89 Å². The van der Waals surface area contributed by atoms with Gasteiger partial charge in [0.1, 0.15) is 11.5 Å². The van der Waals surface area contributed by atoms with E-state index in [0.29, 0.717) is 22.4 Å². The van der Waals surface area contributed by atoms with Crippen molar-refractivity contribution in [3.05, 3.63) is 23.5 Å². The molecule has 0 radical (unpaired) electrons. The van der Waals surface area contributed by atoms with Gasteiger partial charge in [-0.2, -0.15) is 4.98 Å². The minimum Gasteiger partial charge on any atom is -0.334 e. The van der Waals surface area contributed by atoms with E-state index in [4.69, 9.17) is 16.1 Å². The van der Waals surface area contributed by atoms with Gasteiger partial charge in [0.15, 0.2) is 5.82 Å². The summed E-state index contributed by atoms with van der Waals surface area (Å²) in [5.41, 5.74) is 0.546. The SMILES string of the molecule is Cc1noc(-c2cncnc2Cl)n1. The van der Waals surface area contributed by atoms with Crippen LogP contribution >= 0.6 is 11.6 Å². The monoisotopic (exact) mass is 196 g/mol. The van der Waals surface area contributed by atoms with Crippen molar-refractivity contribution in [3.8, 4) is 11.5 Å². The Morgan fingerprint density at radius 2 is 2.31 bits per heavy atom. The fourth-order valence-electron chi connectivity index (χ4n) is 0.865. The first-order valence-electron chi connectivity index (χ1n) is 3.53. The highest BCUT2D eigenvalue weighted by molar-refractivity contribution is 6.31. The Balaban J connectivity index is 2.52. The van der Waals surface area contributed by atoms with Crippen molar-refractivity contribution in [1.82, 2.24) is 20.1 Å². The summed E-state index contributed by atoms with van der Waals surface area (Å²) in [6.07, 6.45) is 2.89. The highest BCUT2D eigenvalue weighted by Crippen LogP contribution is 2.22. The Kier molecular flexibility index (Phi) is 1.94. The summed E-state index contributed by atoms with van der Waals surface area (Å²) >= 11 is 5.79. The molecule has 2 aromatic rings. The molecule has 6 heteroatoms. The van der Waals surface area contributed by atoms with Gasteiger partial charge in [-0.15, -0.1) is 0 Å². The molecule has 0 spiro atoms. The maximum absolute atomic E-state index is 5.79. The Hall–Kier alpha value is -1.49. The molecule has 0 bridgehead atoms. The molecule has 0 amide bonds. The lowest BCUT2D eigenvalue weighted by molar-refractivity contribution is 0.425. The van der Waals surface area contributed by atoms with E-state index in [2.05, 4.69) is 20.1 Å². The van der Waals surface area contributed by atoms with Crippen LogP contribution in [0.15, 0.2) is 17.0 Å². The zero-order chi connectivity index (χ0) is 9.26. The third kappa shape index (κ3) is 1.50. The summed E-state index contributed by atoms with van der Waals surface area (Å²) in [5.74, 6) is 0.887. The van der Waals surface area contributed by atoms with Gasteiger partial charge in [-0.05, 0) is 6.92 Å². The van der Waals surface area contributed by atoms with Crippen LogP contribution in [0.4, 0.5) is 0 Å². The van der Waals surface area contributed by atoms with Gasteiger partial charge in [-0.25, -0.2) is 9.97 Å². The van der Waals surface area contributed by atoms with Crippen molar-refractivity contribution in [2.45, 2.75) is 6.92 Å². The summed E-state index contributed by atoms with van der Waals surface area (Å²) in [4.78, 5) is 11.6. The van der Waals surface area contributed by atoms with E-state index in [0.717, 1.165) is 0 Å². The summed E-state index contributed by atoms with van der Waals surface area (Å²) in [7, 11) is 0. The van der Waals surface area contributed by atoms with Gasteiger partial charge in [-0.1, -0.05) is 16.8 Å². The van der Waals surface area contributed by atoms with Crippen molar-refractivity contribution in [1.29, 1.82) is 0 Å². The minimum atomic E-state index is 0.304. The van der Waals surface area contributed by atoms with Crippen molar-refractivity contribution < 1.29 is 4.52 Å². The largest absolute Gasteiger partial charge is 0.334 e. The average Bonchev–Trinajstić information content (AvgIpc) is 2.53. The molecule has 0 atom stereocenters. The standard InChI is InChI=1S/C7H5ClN4O/c1-4-11-7(13-12-4)5-2-9-3-10-6(5)8/h2-3H,1H3. The van der Waals surface area contributed by atoms with E-state index in [9.17, 15) is 0 Å². The molecule has 0 unspecified atom stereocenters. The smallest absolute Gasteiger partial charge is 0.262 e. The summed E-state index contributed by atoms with van der Waals surface area (Å²) in [6, 6.07) is 0. The maximum atomic E-state index is 5.79. The lowest BCUT2D eigenvalue weighted by atomic mass is 10.3. The highest BCUT2D eigenvalue weighted by Gasteiger charge is 2.10. The van der Waals surface area contributed by atoms with Crippen molar-refractivity contribution in [2.24, 2.45) is 0 Å². The van der Waals surface area contributed by atoms with Crippen LogP contribution in [0.3, 0.4) is 0 Å². The fourth-order valence-corrected chi connectivity index (χ4v) is 1.04. The third-order valence-electron chi connectivity index (χ3n) is 1.42. The van der Waals surface area contributed by atoms with Crippen molar-refractivity contribution in [3.63, 3.8) is 0 Å². The summed E-state index contributed by atoms with van der Waals surface area (Å²) in [6.45, 7) is 1.73. The van der Waals surface area contributed by atoms with E-state index in [1.54, 1.807) is 6.92 Å². The molecule has 66 valence electrons. The van der Waals surface area contributed by atoms with Gasteiger partial charge in [0.05, 0.1) is 5.56 Å². The van der Waals surface area contributed by atoms with Gasteiger partial charge in [0.2, 0.25) is 0 Å². The molecule has 2 rings (SSSR count). The van der Waals surface area contributed by atoms with Crippen LogP contribution in [0.25, 0.3) is 11.5 Å². The van der Waals surface area contributed by atoms with Gasteiger partial charge in [0, 0.05) is 6.20 Å². The average molecular weight is 197 g/mol. The minimum absolute atomic E-state index is 0.304. The first-order valence-corrected chi connectivity index (χ1v) is 3.91. The highest BCUT2D eigenvalue weighted by atomic mass is 35.5. The Morgan fingerprint density at radius 1 is 1.46 bits per heavy atom. The zero-order valence-electron chi connectivity index (χ0n) is 6.73. The van der Waals surface area contributed by atoms with Gasteiger partial charge in [-0.3, -0.25) is 0 Å². The van der Waals surface area contributed by atoms with Crippen LogP contribution in [0.2, 0.25) is 5.15 Å². The fraction of sp³-hybridized carbons (Fsp3) is 0.143. The number of halogens is 1. The lowest BCUT2D eigenvalue weighted by Gasteiger charge is -1.93. The second-order valence-electron chi connectivity index (χ2n) is 2.37. The Morgan fingerprint density at radius 3 is 2.92 bits per heavy atom. The van der Waals surface area contributed by atoms with Crippen LogP contribution in [0.5, 0.6) is 0 Å². The van der Waals surface area contributed by atoms with E-state index < -0.39 is 0 Å². The van der Waals surface area contributed by atoms with E-state index in [-0.39, 0.29) is 0 Å². The molecule has 13 heavy (non-hydrogen) atoms. The van der Waals surface area contributed by atoms with Crippen LogP contribution < -0.4 is 0 Å². The van der Waals surface area contributed by atoms with E-state index in [1.165, 1.54) is 12.5 Å². The number of hydrogen-bond acceptors (Lipinski definition) is 5. The molecule has 0 aliphatic heterocycles. The van der Waals surface area contributed by atoms with Crippen LogP contribution in [0, 0.1) is 6.92 Å². The number of nitrogens with zero attached hydrogens (tertiary/aromatic N) is 4. The molecule has 0 fully saturated rings. The third-order valence-corrected chi connectivity index (χ3v) is 1.72. The van der Waals surface area contributed by atoms with Crippen molar-refractivity contribution >= 4 is 11.6 Å². The summed E-state index contributed by atoms with van der Waals surface area (Å²) < 4.78 is 4.91. The predicted octanol–water partition coefficient (Wildman–Crippen LogP) is 1.49. The number of aryl methyl sites for hydroxylation is 1. The van der Waals surface area contributed by atoms with Crippen molar-refractivity contribution in [2.75, 3.05) is 0 Å². The normalized spacial score (nSPS) is 10.3. The molecule has 0 aliphatic carbocycles. The molecule has 0 aliphatic rings. The lowest BCUT2D eigenvalue weighted by Crippen LogP contribution is -1.85. The molecule has 0 N–H and O–H groups in total. The number of aromatic nitrogens is 4. The summed E-state index contributed by atoms with van der Waals surface area (Å²) in [5, 5.41) is 3.94. The first kappa shape index (κ1) is 8.12. The topological polar surface area (TPSA) is 64.7 Å². The number of hydrogen-bond donors (Lipinski definition) is 0. The van der Waals surface area contributed by atoms with E-state index in [1.807, 2.05) is 0 Å². The Labute approximate surface area is 78.8 Å². The van der Waals surface area contributed by atoms with E-state index >= 15 is 0 Å². The second-order valence-corrected chi connectivity index (χ2v) is 2.73. The molecular formula is C7H5ClN4O. The van der Waals surface area contributed by atoms with Crippen LogP contribution in [-0.4, -0.2) is 20.1 Å². The molecule has 0 saturated carbocycles. The molecule has 5 nitrogen and oxygen atoms in total. The van der Waals surface area contributed by atoms with Gasteiger partial charge >= 0.3 is 0 Å². The first-order chi connectivity index (χ1) is 6.27. The number of rotatable bonds is 1. The maximum Gasteiger partial charge on any atom is 0.262 e. The predicted molar refractivity (Wildman–Crippen MR) is 45.1 cm³/mol. The molecule has 2 aromatic heterocycles. The quantitative estimate of drug-likeness (QED) is 0.647. The molecular weight excluding hydrogens is 192 g/mol. The second kappa shape index (κ2) is 3.10. The van der Waals surface area contributed by atoms with Crippen LogP contribution in [0.1, 0.15) is 5.82 Å². The Bertz CT molecular complexity index is 428. The molecule has 2 heterocycles.